The number of carbonyl (C=O) groups excluding carboxylic acids is 4. The number of nitrogens with zero attached hydrogens (tertiary/aromatic N) is 2. The van der Waals surface area contributed by atoms with Crippen molar-refractivity contribution in [2.75, 3.05) is 18.1 Å². The highest BCUT2D eigenvalue weighted by atomic mass is 16.5. The summed E-state index contributed by atoms with van der Waals surface area (Å²) in [4.78, 5) is 55.0. The minimum Gasteiger partial charge on any atom is -0.454 e. The summed E-state index contributed by atoms with van der Waals surface area (Å²) in [5, 5.41) is 0. The van der Waals surface area contributed by atoms with Gasteiger partial charge in [-0.05, 0) is 18.6 Å². The van der Waals surface area contributed by atoms with Gasteiger partial charge in [-0.25, -0.2) is 4.79 Å². The van der Waals surface area contributed by atoms with Crippen LogP contribution in [0.2, 0.25) is 0 Å². The minimum absolute atomic E-state index is 0.117. The van der Waals surface area contributed by atoms with Gasteiger partial charge in [-0.1, -0.05) is 55.8 Å². The Labute approximate surface area is 180 Å². The first-order valence-corrected chi connectivity index (χ1v) is 10.5. The first kappa shape index (κ1) is 20.8. The summed E-state index contributed by atoms with van der Waals surface area (Å²) in [7, 11) is 0. The second-order valence-electron chi connectivity index (χ2n) is 7.74. The predicted molar refractivity (Wildman–Crippen MR) is 114 cm³/mol. The van der Waals surface area contributed by atoms with Crippen molar-refractivity contribution in [1.82, 2.24) is 4.90 Å². The minimum atomic E-state index is -1.56. The number of ether oxygens (including phenoxy) is 1. The average Bonchev–Trinajstić information content (AvgIpc) is 3.16. The summed E-state index contributed by atoms with van der Waals surface area (Å²) in [6.45, 7) is 1.85. The Morgan fingerprint density at radius 2 is 1.74 bits per heavy atom. The molecule has 2 aliphatic rings. The van der Waals surface area contributed by atoms with Crippen LogP contribution < -0.4 is 4.90 Å². The zero-order valence-electron chi connectivity index (χ0n) is 17.4. The number of esters is 1. The number of carbonyl (C=O) groups is 4. The monoisotopic (exact) mass is 420 g/mol. The smallest absolute Gasteiger partial charge is 0.354 e. The van der Waals surface area contributed by atoms with Crippen LogP contribution in [0.5, 0.6) is 0 Å². The van der Waals surface area contributed by atoms with E-state index in [0.29, 0.717) is 29.8 Å². The van der Waals surface area contributed by atoms with Gasteiger partial charge in [0, 0.05) is 24.9 Å². The van der Waals surface area contributed by atoms with Crippen molar-refractivity contribution in [3.63, 3.8) is 0 Å². The van der Waals surface area contributed by atoms with E-state index in [4.69, 9.17) is 4.74 Å². The highest BCUT2D eigenvalue weighted by Gasteiger charge is 2.61. The number of fused-ring (bicyclic) bond motifs is 3. The third kappa shape index (κ3) is 3.40. The fraction of sp³-hybridized carbons (Fsp3) is 0.333. The molecule has 1 saturated heterocycles. The van der Waals surface area contributed by atoms with E-state index in [1.165, 1.54) is 9.80 Å². The molecule has 4 rings (SSSR count). The number of benzene rings is 2. The van der Waals surface area contributed by atoms with Crippen LogP contribution >= 0.6 is 0 Å². The molecule has 7 nitrogen and oxygen atoms in total. The third-order valence-electron chi connectivity index (χ3n) is 5.87. The zero-order chi connectivity index (χ0) is 22.0. The second-order valence-corrected chi connectivity index (χ2v) is 7.74. The zero-order valence-corrected chi connectivity index (χ0v) is 17.4. The van der Waals surface area contributed by atoms with Crippen LogP contribution in [-0.4, -0.2) is 47.3 Å². The van der Waals surface area contributed by atoms with Crippen LogP contribution in [0, 0.1) is 0 Å². The Kier molecular flexibility index (Phi) is 5.59. The Balaban J connectivity index is 1.69. The van der Waals surface area contributed by atoms with E-state index < -0.39 is 18.2 Å². The van der Waals surface area contributed by atoms with Crippen LogP contribution in [0.1, 0.15) is 53.3 Å². The van der Waals surface area contributed by atoms with E-state index in [1.807, 2.05) is 6.92 Å². The van der Waals surface area contributed by atoms with E-state index in [0.717, 1.165) is 6.42 Å². The largest absolute Gasteiger partial charge is 0.454 e. The number of rotatable bonds is 7. The molecule has 0 unspecified atom stereocenters. The number of para-hydroxylation sites is 1. The molecule has 2 amide bonds. The molecule has 2 aliphatic heterocycles. The maximum absolute atomic E-state index is 13.4. The predicted octanol–water partition coefficient (Wildman–Crippen LogP) is 3.19. The standard InChI is InChI=1S/C24H24N2O5/c1-2-3-15-25-22(29)18-11-7-8-12-19(18)26-21(28)13-14-24(25,26)23(30)31-16-20(27)17-9-5-4-6-10-17/h4-12H,2-3,13-16H2,1H3/t24-/m0/s1. The summed E-state index contributed by atoms with van der Waals surface area (Å²) in [6.07, 6.45) is 1.74. The Bertz CT molecular complexity index is 1040. The van der Waals surface area contributed by atoms with E-state index in [-0.39, 0.29) is 30.4 Å². The van der Waals surface area contributed by atoms with Crippen molar-refractivity contribution in [2.24, 2.45) is 0 Å². The summed E-state index contributed by atoms with van der Waals surface area (Å²) < 4.78 is 5.45. The third-order valence-corrected chi connectivity index (χ3v) is 5.87. The van der Waals surface area contributed by atoms with Crippen molar-refractivity contribution in [2.45, 2.75) is 38.3 Å². The molecule has 0 bridgehead atoms. The fourth-order valence-electron chi connectivity index (χ4n) is 4.32. The van der Waals surface area contributed by atoms with Crippen molar-refractivity contribution in [3.8, 4) is 0 Å². The molecular weight excluding hydrogens is 396 g/mol. The lowest BCUT2D eigenvalue weighted by Gasteiger charge is -2.48. The van der Waals surface area contributed by atoms with E-state index in [9.17, 15) is 19.2 Å². The average molecular weight is 420 g/mol. The van der Waals surface area contributed by atoms with Gasteiger partial charge < -0.3 is 9.64 Å². The van der Waals surface area contributed by atoms with Crippen LogP contribution in [0.25, 0.3) is 0 Å². The summed E-state index contributed by atoms with van der Waals surface area (Å²) >= 11 is 0. The molecule has 160 valence electrons. The lowest BCUT2D eigenvalue weighted by Crippen LogP contribution is -2.68. The molecular formula is C24H24N2O5. The van der Waals surface area contributed by atoms with Gasteiger partial charge in [-0.15, -0.1) is 0 Å². The van der Waals surface area contributed by atoms with Gasteiger partial charge in [0.15, 0.2) is 12.4 Å². The number of hydrogen-bond acceptors (Lipinski definition) is 5. The molecule has 0 aliphatic carbocycles. The van der Waals surface area contributed by atoms with E-state index in [2.05, 4.69) is 0 Å². The molecule has 31 heavy (non-hydrogen) atoms. The molecule has 7 heteroatoms. The van der Waals surface area contributed by atoms with E-state index >= 15 is 0 Å². The highest BCUT2D eigenvalue weighted by molar-refractivity contribution is 6.15. The van der Waals surface area contributed by atoms with Crippen LogP contribution in [0.15, 0.2) is 54.6 Å². The Morgan fingerprint density at radius 1 is 1.03 bits per heavy atom. The number of anilines is 1. The molecule has 1 atom stereocenters. The quantitative estimate of drug-likeness (QED) is 0.507. The van der Waals surface area contributed by atoms with Crippen molar-refractivity contribution in [3.05, 3.63) is 65.7 Å². The summed E-state index contributed by atoms with van der Waals surface area (Å²) in [5.74, 6) is -1.64. The van der Waals surface area contributed by atoms with Gasteiger partial charge in [0.05, 0.1) is 11.3 Å². The van der Waals surface area contributed by atoms with Crippen LogP contribution in [0.3, 0.4) is 0 Å². The molecule has 2 aromatic rings. The lowest BCUT2D eigenvalue weighted by molar-refractivity contribution is -0.156. The molecule has 1 fully saturated rings. The molecule has 0 radical (unpaired) electrons. The Hall–Kier alpha value is -3.48. The highest BCUT2D eigenvalue weighted by Crippen LogP contribution is 2.45. The molecule has 2 heterocycles. The molecule has 0 spiro atoms. The van der Waals surface area contributed by atoms with Gasteiger partial charge in [-0.3, -0.25) is 19.3 Å². The van der Waals surface area contributed by atoms with Crippen molar-refractivity contribution < 1.29 is 23.9 Å². The number of Topliss-reactive ketones (excluding diaryl/α,β-unsaturated/α-hetero) is 1. The number of amides is 2. The molecule has 0 saturated carbocycles. The lowest BCUT2D eigenvalue weighted by atomic mass is 9.96. The van der Waals surface area contributed by atoms with E-state index in [1.54, 1.807) is 54.6 Å². The van der Waals surface area contributed by atoms with Crippen LogP contribution in [-0.2, 0) is 14.3 Å². The number of hydrogen-bond donors (Lipinski definition) is 0. The molecule has 2 aromatic carbocycles. The Morgan fingerprint density at radius 3 is 2.48 bits per heavy atom. The maximum Gasteiger partial charge on any atom is 0.354 e. The van der Waals surface area contributed by atoms with Gasteiger partial charge in [0.2, 0.25) is 11.6 Å². The molecule has 0 N–H and O–H groups in total. The second kappa shape index (κ2) is 8.34. The SMILES string of the molecule is CCCCN1C(=O)c2ccccc2N2C(=O)CC[C@]12C(=O)OCC(=O)c1ccccc1. The first-order valence-electron chi connectivity index (χ1n) is 10.5. The topological polar surface area (TPSA) is 84.0 Å². The summed E-state index contributed by atoms with van der Waals surface area (Å²) in [6, 6.07) is 15.3. The molecule has 0 aromatic heterocycles. The van der Waals surface area contributed by atoms with Crippen molar-refractivity contribution in [1.29, 1.82) is 0 Å². The van der Waals surface area contributed by atoms with Gasteiger partial charge in [0.1, 0.15) is 0 Å². The van der Waals surface area contributed by atoms with Crippen LogP contribution in [0.4, 0.5) is 5.69 Å². The first-order chi connectivity index (χ1) is 15.0. The normalized spacial score (nSPS) is 19.8. The number of unbranched alkanes of at least 4 members (excludes halogenated alkanes) is 1. The summed E-state index contributed by atoms with van der Waals surface area (Å²) in [5.41, 5.74) is -0.332. The fourth-order valence-corrected chi connectivity index (χ4v) is 4.32. The van der Waals surface area contributed by atoms with Gasteiger partial charge in [-0.2, -0.15) is 0 Å². The van der Waals surface area contributed by atoms with Gasteiger partial charge >= 0.3 is 5.97 Å². The maximum atomic E-state index is 13.4. The van der Waals surface area contributed by atoms with Crippen molar-refractivity contribution >= 4 is 29.3 Å². The van der Waals surface area contributed by atoms with Gasteiger partial charge in [0.25, 0.3) is 5.91 Å². The number of ketones is 1.